The van der Waals surface area contributed by atoms with Crippen molar-refractivity contribution in [2.24, 2.45) is 5.92 Å². The number of amides is 1. The predicted octanol–water partition coefficient (Wildman–Crippen LogP) is 2.81. The highest BCUT2D eigenvalue weighted by Crippen LogP contribution is 2.22. The topological polar surface area (TPSA) is 79.2 Å². The molecule has 0 unspecified atom stereocenters. The minimum absolute atomic E-state index is 0.00574. The van der Waals surface area contributed by atoms with Crippen LogP contribution in [0.25, 0.3) is 0 Å². The number of esters is 1. The van der Waals surface area contributed by atoms with Crippen molar-refractivity contribution >= 4 is 11.9 Å². The fourth-order valence-electron chi connectivity index (χ4n) is 2.13. The Morgan fingerprint density at radius 2 is 1.83 bits per heavy atom. The Labute approximate surface area is 137 Å². The highest BCUT2D eigenvalue weighted by molar-refractivity contribution is 5.96. The number of ether oxygens (including phenoxy) is 1. The number of carbonyl (C=O) groups excluding carboxylic acids is 2. The summed E-state index contributed by atoms with van der Waals surface area (Å²) in [5.41, 5.74) is 1.60. The Balaban J connectivity index is 2.86. The average Bonchev–Trinajstić information content (AvgIpc) is 2.52. The van der Waals surface area contributed by atoms with Crippen LogP contribution in [0.1, 0.15) is 50.0 Å². The molecule has 0 aliphatic carbocycles. The van der Waals surface area contributed by atoms with E-state index >= 15 is 0 Å². The molecular formula is C18H24N2O3. The molecule has 5 heteroatoms. The van der Waals surface area contributed by atoms with Gasteiger partial charge in [-0.05, 0) is 36.5 Å². The van der Waals surface area contributed by atoms with Gasteiger partial charge in [0, 0.05) is 11.5 Å². The third-order valence-corrected chi connectivity index (χ3v) is 3.61. The van der Waals surface area contributed by atoms with Gasteiger partial charge in [-0.25, -0.2) is 4.79 Å². The van der Waals surface area contributed by atoms with Crippen LogP contribution in [0, 0.1) is 17.2 Å². The number of nitriles is 1. The molecule has 0 heterocycles. The first-order valence-corrected chi connectivity index (χ1v) is 7.58. The molecule has 1 amide bonds. The van der Waals surface area contributed by atoms with Crippen LogP contribution in [0.4, 0.5) is 0 Å². The summed E-state index contributed by atoms with van der Waals surface area (Å²) in [6, 6.07) is 8.50. The van der Waals surface area contributed by atoms with E-state index in [-0.39, 0.29) is 23.7 Å². The van der Waals surface area contributed by atoms with Gasteiger partial charge in [0.2, 0.25) is 0 Å². The first kappa shape index (κ1) is 18.7. The van der Waals surface area contributed by atoms with Crippen molar-refractivity contribution in [1.82, 2.24) is 5.32 Å². The summed E-state index contributed by atoms with van der Waals surface area (Å²) in [4.78, 5) is 24.1. The van der Waals surface area contributed by atoms with E-state index in [1.54, 1.807) is 19.1 Å². The number of methoxy groups -OCH3 is 1. The second-order valence-electron chi connectivity index (χ2n) is 6.64. The maximum absolute atomic E-state index is 12.3. The molecule has 0 fully saturated rings. The van der Waals surface area contributed by atoms with Crippen molar-refractivity contribution in [3.05, 3.63) is 35.4 Å². The van der Waals surface area contributed by atoms with Crippen molar-refractivity contribution < 1.29 is 14.3 Å². The molecule has 1 N–H and O–H groups in total. The van der Waals surface area contributed by atoms with Gasteiger partial charge in [-0.1, -0.05) is 32.9 Å². The standard InChI is InChI=1S/C18H24N2O3/c1-12(11-19)10-15(17(22)23-5)20-16(21)13-6-8-14(9-7-13)18(2,3)4/h6-9,12,15H,10H2,1-5H3,(H,20,21)/t12-,15+/m1/s1. The number of rotatable bonds is 5. The zero-order valence-corrected chi connectivity index (χ0v) is 14.3. The lowest BCUT2D eigenvalue weighted by atomic mass is 9.86. The predicted molar refractivity (Wildman–Crippen MR) is 87.8 cm³/mol. The summed E-state index contributed by atoms with van der Waals surface area (Å²) >= 11 is 0. The lowest BCUT2D eigenvalue weighted by Gasteiger charge is -2.20. The Bertz CT molecular complexity index is 594. The summed E-state index contributed by atoms with van der Waals surface area (Å²) in [5, 5.41) is 11.5. The van der Waals surface area contributed by atoms with E-state index in [1.165, 1.54) is 7.11 Å². The Morgan fingerprint density at radius 3 is 2.26 bits per heavy atom. The van der Waals surface area contributed by atoms with Gasteiger partial charge < -0.3 is 10.1 Å². The van der Waals surface area contributed by atoms with Gasteiger partial charge >= 0.3 is 5.97 Å². The summed E-state index contributed by atoms with van der Waals surface area (Å²) in [6.07, 6.45) is 0.217. The molecule has 1 aromatic carbocycles. The molecule has 0 bridgehead atoms. The lowest BCUT2D eigenvalue weighted by molar-refractivity contribution is -0.143. The van der Waals surface area contributed by atoms with Crippen molar-refractivity contribution in [2.45, 2.75) is 45.6 Å². The summed E-state index contributed by atoms with van der Waals surface area (Å²) in [7, 11) is 1.26. The van der Waals surface area contributed by atoms with Gasteiger partial charge in [0.05, 0.1) is 13.2 Å². The number of benzene rings is 1. The molecule has 1 rings (SSSR count). The average molecular weight is 316 g/mol. The maximum atomic E-state index is 12.3. The number of hydrogen-bond acceptors (Lipinski definition) is 4. The molecule has 23 heavy (non-hydrogen) atoms. The normalized spacial score (nSPS) is 13.6. The van der Waals surface area contributed by atoms with Crippen LogP contribution in [-0.4, -0.2) is 25.0 Å². The van der Waals surface area contributed by atoms with E-state index < -0.39 is 12.0 Å². The van der Waals surface area contributed by atoms with E-state index in [1.807, 2.05) is 12.1 Å². The highest BCUT2D eigenvalue weighted by atomic mass is 16.5. The Morgan fingerprint density at radius 1 is 1.26 bits per heavy atom. The first-order valence-electron chi connectivity index (χ1n) is 7.58. The maximum Gasteiger partial charge on any atom is 0.328 e. The van der Waals surface area contributed by atoms with Gasteiger partial charge in [-0.3, -0.25) is 4.79 Å². The molecule has 0 saturated heterocycles. The number of nitrogens with zero attached hydrogens (tertiary/aromatic N) is 1. The largest absolute Gasteiger partial charge is 0.467 e. The van der Waals surface area contributed by atoms with Crippen molar-refractivity contribution in [1.29, 1.82) is 5.26 Å². The Kier molecular flexibility index (Phi) is 6.32. The van der Waals surface area contributed by atoms with Crippen LogP contribution in [0.5, 0.6) is 0 Å². The molecule has 1 aromatic rings. The van der Waals surface area contributed by atoms with Crippen LogP contribution in [0.3, 0.4) is 0 Å². The van der Waals surface area contributed by atoms with Crippen molar-refractivity contribution in [3.8, 4) is 6.07 Å². The van der Waals surface area contributed by atoms with Crippen LogP contribution in [0.2, 0.25) is 0 Å². The van der Waals surface area contributed by atoms with Gasteiger partial charge in [-0.2, -0.15) is 5.26 Å². The lowest BCUT2D eigenvalue weighted by Crippen LogP contribution is -2.42. The molecule has 124 valence electrons. The van der Waals surface area contributed by atoms with Crippen LogP contribution < -0.4 is 5.32 Å². The molecule has 2 atom stereocenters. The summed E-state index contributed by atoms with van der Waals surface area (Å²) in [6.45, 7) is 7.98. The molecule has 0 aromatic heterocycles. The SMILES string of the molecule is COC(=O)[C@H](C[C@@H](C)C#N)NC(=O)c1ccc(C(C)(C)C)cc1. The number of carbonyl (C=O) groups is 2. The molecule has 0 saturated carbocycles. The first-order chi connectivity index (χ1) is 10.7. The molecule has 5 nitrogen and oxygen atoms in total. The Hall–Kier alpha value is -2.35. The molecular weight excluding hydrogens is 292 g/mol. The van der Waals surface area contributed by atoms with Gasteiger partial charge in [0.25, 0.3) is 5.91 Å². The van der Waals surface area contributed by atoms with Crippen molar-refractivity contribution in [2.75, 3.05) is 7.11 Å². The molecule has 0 spiro atoms. The highest BCUT2D eigenvalue weighted by Gasteiger charge is 2.24. The quantitative estimate of drug-likeness (QED) is 0.847. The molecule has 0 aliphatic heterocycles. The van der Waals surface area contributed by atoms with Crippen LogP contribution >= 0.6 is 0 Å². The zero-order valence-electron chi connectivity index (χ0n) is 14.3. The van der Waals surface area contributed by atoms with Gasteiger partial charge in [0.15, 0.2) is 0 Å². The minimum Gasteiger partial charge on any atom is -0.467 e. The van der Waals surface area contributed by atoms with E-state index in [9.17, 15) is 9.59 Å². The number of nitrogens with one attached hydrogen (secondary N) is 1. The third-order valence-electron chi connectivity index (χ3n) is 3.61. The van der Waals surface area contributed by atoms with E-state index in [0.717, 1.165) is 5.56 Å². The monoisotopic (exact) mass is 316 g/mol. The van der Waals surface area contributed by atoms with E-state index in [4.69, 9.17) is 10.00 Å². The second kappa shape index (κ2) is 7.77. The van der Waals surface area contributed by atoms with E-state index in [0.29, 0.717) is 5.56 Å². The second-order valence-corrected chi connectivity index (χ2v) is 6.64. The minimum atomic E-state index is -0.829. The van der Waals surface area contributed by atoms with Gasteiger partial charge in [0.1, 0.15) is 6.04 Å². The van der Waals surface area contributed by atoms with Crippen molar-refractivity contribution in [3.63, 3.8) is 0 Å². The molecule has 0 aliphatic rings. The fraction of sp³-hybridized carbons (Fsp3) is 0.500. The number of hydrogen-bond donors (Lipinski definition) is 1. The van der Waals surface area contributed by atoms with Crippen LogP contribution in [0.15, 0.2) is 24.3 Å². The smallest absolute Gasteiger partial charge is 0.328 e. The zero-order chi connectivity index (χ0) is 17.6. The van der Waals surface area contributed by atoms with E-state index in [2.05, 4.69) is 32.2 Å². The van der Waals surface area contributed by atoms with Crippen LogP contribution in [-0.2, 0) is 14.9 Å². The summed E-state index contributed by atoms with van der Waals surface area (Å²) in [5.74, 6) is -1.26. The molecule has 0 radical (unpaired) electrons. The fourth-order valence-corrected chi connectivity index (χ4v) is 2.13. The van der Waals surface area contributed by atoms with Gasteiger partial charge in [-0.15, -0.1) is 0 Å². The third kappa shape index (κ3) is 5.41. The summed E-state index contributed by atoms with van der Waals surface area (Å²) < 4.78 is 4.70.